The minimum absolute atomic E-state index is 0.145. The van der Waals surface area contributed by atoms with Crippen molar-refractivity contribution in [3.63, 3.8) is 0 Å². The summed E-state index contributed by atoms with van der Waals surface area (Å²) in [6.45, 7) is 4.02. The molecule has 2 aromatic rings. The maximum absolute atomic E-state index is 11.9. The Hall–Kier alpha value is -2.45. The number of hydrogen-bond acceptors (Lipinski definition) is 5. The molecule has 1 unspecified atom stereocenters. The van der Waals surface area contributed by atoms with Gasteiger partial charge in [0.2, 0.25) is 10.0 Å². The Morgan fingerprint density at radius 3 is 2.24 bits per heavy atom. The lowest BCUT2D eigenvalue weighted by Crippen LogP contribution is -2.20. The summed E-state index contributed by atoms with van der Waals surface area (Å²) in [6.07, 6.45) is 0. The van der Waals surface area contributed by atoms with E-state index < -0.39 is 14.9 Å². The molecular formula is C17H21N3O4S. The van der Waals surface area contributed by atoms with Crippen molar-refractivity contribution in [3.05, 3.63) is 64.2 Å². The summed E-state index contributed by atoms with van der Waals surface area (Å²) < 4.78 is 25.9. The van der Waals surface area contributed by atoms with E-state index in [0.29, 0.717) is 0 Å². The van der Waals surface area contributed by atoms with E-state index in [1.807, 2.05) is 44.2 Å². The Morgan fingerprint density at radius 2 is 1.72 bits per heavy atom. The van der Waals surface area contributed by atoms with Gasteiger partial charge in [-0.3, -0.25) is 10.1 Å². The summed E-state index contributed by atoms with van der Waals surface area (Å²) in [7, 11) is -2.49. The lowest BCUT2D eigenvalue weighted by molar-refractivity contribution is -0.384. The van der Waals surface area contributed by atoms with E-state index in [9.17, 15) is 18.5 Å². The number of anilines is 1. The SMILES string of the molecule is CNS(=O)(=O)c1ccc(NC(c2ccccc2)C(C)C)c([N+](=O)[O-])c1. The van der Waals surface area contributed by atoms with Crippen molar-refractivity contribution in [3.8, 4) is 0 Å². The van der Waals surface area contributed by atoms with Crippen molar-refractivity contribution >= 4 is 21.4 Å². The fourth-order valence-electron chi connectivity index (χ4n) is 2.53. The molecule has 2 N–H and O–H groups in total. The van der Waals surface area contributed by atoms with Gasteiger partial charge in [0.15, 0.2) is 0 Å². The molecule has 2 aromatic carbocycles. The standard InChI is InChI=1S/C17H21N3O4S/c1-12(2)17(13-7-5-4-6-8-13)19-15-10-9-14(25(23,24)18-3)11-16(15)20(21)22/h4-12,17-19H,1-3H3. The zero-order valence-corrected chi connectivity index (χ0v) is 15.1. The Labute approximate surface area is 147 Å². The van der Waals surface area contributed by atoms with Crippen molar-refractivity contribution < 1.29 is 13.3 Å². The van der Waals surface area contributed by atoms with Gasteiger partial charge in [-0.1, -0.05) is 44.2 Å². The number of nitro groups is 1. The molecular weight excluding hydrogens is 342 g/mol. The molecule has 134 valence electrons. The van der Waals surface area contributed by atoms with Crippen molar-refractivity contribution in [1.29, 1.82) is 0 Å². The van der Waals surface area contributed by atoms with E-state index >= 15 is 0 Å². The summed E-state index contributed by atoms with van der Waals surface area (Å²) in [5.74, 6) is 0.169. The first-order valence-corrected chi connectivity index (χ1v) is 9.28. The van der Waals surface area contributed by atoms with Crippen LogP contribution in [0.15, 0.2) is 53.4 Å². The van der Waals surface area contributed by atoms with Crippen molar-refractivity contribution in [2.75, 3.05) is 12.4 Å². The van der Waals surface area contributed by atoms with Crippen LogP contribution in [0.4, 0.5) is 11.4 Å². The summed E-state index contributed by atoms with van der Waals surface area (Å²) in [4.78, 5) is 10.7. The first-order valence-electron chi connectivity index (χ1n) is 7.79. The zero-order chi connectivity index (χ0) is 18.6. The summed E-state index contributed by atoms with van der Waals surface area (Å²) in [5.41, 5.74) is 0.999. The fraction of sp³-hybridized carbons (Fsp3) is 0.294. The lowest BCUT2D eigenvalue weighted by atomic mass is 9.95. The third-order valence-corrected chi connectivity index (χ3v) is 5.29. The minimum Gasteiger partial charge on any atom is -0.372 e. The summed E-state index contributed by atoms with van der Waals surface area (Å²) in [6, 6.07) is 13.3. The first-order chi connectivity index (χ1) is 11.8. The van der Waals surface area contributed by atoms with Crippen molar-refractivity contribution in [1.82, 2.24) is 4.72 Å². The fourth-order valence-corrected chi connectivity index (χ4v) is 3.28. The quantitative estimate of drug-likeness (QED) is 0.580. The maximum atomic E-state index is 11.9. The van der Waals surface area contributed by atoms with E-state index in [1.54, 1.807) is 0 Å². The molecule has 0 radical (unpaired) electrons. The molecule has 8 heteroatoms. The van der Waals surface area contributed by atoms with Crippen LogP contribution in [-0.4, -0.2) is 20.4 Å². The van der Waals surface area contributed by atoms with Crippen LogP contribution >= 0.6 is 0 Å². The second-order valence-electron chi connectivity index (χ2n) is 5.92. The average molecular weight is 363 g/mol. The molecule has 0 aliphatic rings. The molecule has 1 atom stereocenters. The molecule has 0 saturated heterocycles. The second-order valence-corrected chi connectivity index (χ2v) is 7.81. The molecule has 0 spiro atoms. The Morgan fingerprint density at radius 1 is 1.08 bits per heavy atom. The summed E-state index contributed by atoms with van der Waals surface area (Å²) in [5, 5.41) is 14.6. The summed E-state index contributed by atoms with van der Waals surface area (Å²) >= 11 is 0. The van der Waals surface area contributed by atoms with Gasteiger partial charge in [-0.2, -0.15) is 0 Å². The normalized spacial score (nSPS) is 12.8. The number of hydrogen-bond donors (Lipinski definition) is 2. The van der Waals surface area contributed by atoms with Crippen LogP contribution in [0.3, 0.4) is 0 Å². The molecule has 0 saturated carbocycles. The van der Waals surface area contributed by atoms with E-state index in [2.05, 4.69) is 10.0 Å². The van der Waals surface area contributed by atoms with Crippen LogP contribution in [0.5, 0.6) is 0 Å². The van der Waals surface area contributed by atoms with Gasteiger partial charge in [-0.25, -0.2) is 13.1 Å². The minimum atomic E-state index is -3.75. The van der Waals surface area contributed by atoms with Crippen LogP contribution in [0, 0.1) is 16.0 Å². The van der Waals surface area contributed by atoms with Gasteiger partial charge in [0.1, 0.15) is 5.69 Å². The monoisotopic (exact) mass is 363 g/mol. The third kappa shape index (κ3) is 4.34. The van der Waals surface area contributed by atoms with Gasteiger partial charge in [-0.05, 0) is 30.7 Å². The topological polar surface area (TPSA) is 101 Å². The van der Waals surface area contributed by atoms with Gasteiger partial charge in [0.25, 0.3) is 5.69 Å². The zero-order valence-electron chi connectivity index (χ0n) is 14.3. The number of benzene rings is 2. The second kappa shape index (κ2) is 7.62. The van der Waals surface area contributed by atoms with Gasteiger partial charge >= 0.3 is 0 Å². The van der Waals surface area contributed by atoms with Gasteiger partial charge < -0.3 is 5.32 Å². The van der Waals surface area contributed by atoms with Crippen LogP contribution in [0.25, 0.3) is 0 Å². The average Bonchev–Trinajstić information content (AvgIpc) is 2.59. The Bertz CT molecular complexity index is 851. The molecule has 0 heterocycles. The van der Waals surface area contributed by atoms with Crippen LogP contribution < -0.4 is 10.0 Å². The smallest absolute Gasteiger partial charge is 0.293 e. The molecule has 0 aliphatic carbocycles. The van der Waals surface area contributed by atoms with Crippen LogP contribution in [-0.2, 0) is 10.0 Å². The highest BCUT2D eigenvalue weighted by Crippen LogP contribution is 2.33. The highest BCUT2D eigenvalue weighted by Gasteiger charge is 2.23. The number of nitrogens with one attached hydrogen (secondary N) is 2. The molecule has 0 amide bonds. The third-order valence-electron chi connectivity index (χ3n) is 3.88. The van der Waals surface area contributed by atoms with Crippen LogP contribution in [0.1, 0.15) is 25.5 Å². The van der Waals surface area contributed by atoms with Crippen LogP contribution in [0.2, 0.25) is 0 Å². The number of rotatable bonds is 7. The number of nitro benzene ring substituents is 1. The molecule has 0 fully saturated rings. The van der Waals surface area contributed by atoms with Gasteiger partial charge in [-0.15, -0.1) is 0 Å². The largest absolute Gasteiger partial charge is 0.372 e. The van der Waals surface area contributed by atoms with Crippen molar-refractivity contribution in [2.24, 2.45) is 5.92 Å². The predicted molar refractivity (Wildman–Crippen MR) is 97.0 cm³/mol. The lowest BCUT2D eigenvalue weighted by Gasteiger charge is -2.24. The highest BCUT2D eigenvalue weighted by molar-refractivity contribution is 7.89. The predicted octanol–water partition coefficient (Wildman–Crippen LogP) is 3.31. The molecule has 7 nitrogen and oxygen atoms in total. The molecule has 0 bridgehead atoms. The first kappa shape index (κ1) is 18.9. The van der Waals surface area contributed by atoms with Gasteiger partial charge in [0, 0.05) is 6.07 Å². The Kier molecular flexibility index (Phi) is 5.76. The molecule has 0 aliphatic heterocycles. The maximum Gasteiger partial charge on any atom is 0.293 e. The van der Waals surface area contributed by atoms with E-state index in [0.717, 1.165) is 11.6 Å². The molecule has 25 heavy (non-hydrogen) atoms. The highest BCUT2D eigenvalue weighted by atomic mass is 32.2. The number of sulfonamides is 1. The molecule has 2 rings (SSSR count). The molecule has 0 aromatic heterocycles. The van der Waals surface area contributed by atoms with Gasteiger partial charge in [0.05, 0.1) is 15.9 Å². The van der Waals surface area contributed by atoms with E-state index in [-0.39, 0.29) is 28.2 Å². The van der Waals surface area contributed by atoms with E-state index in [1.165, 1.54) is 19.2 Å². The Balaban J connectivity index is 2.46. The number of nitrogens with zero attached hydrogens (tertiary/aromatic N) is 1. The van der Waals surface area contributed by atoms with Crippen molar-refractivity contribution in [2.45, 2.75) is 24.8 Å². The van der Waals surface area contributed by atoms with E-state index in [4.69, 9.17) is 0 Å².